The maximum atomic E-state index is 12.4. The second-order valence-corrected chi connectivity index (χ2v) is 7.34. The fourth-order valence-electron chi connectivity index (χ4n) is 2.77. The van der Waals surface area contributed by atoms with Gasteiger partial charge in [0.05, 0.1) is 24.0 Å². The van der Waals surface area contributed by atoms with Gasteiger partial charge in [0.1, 0.15) is 5.69 Å². The first-order valence-electron chi connectivity index (χ1n) is 7.03. The van der Waals surface area contributed by atoms with Crippen LogP contribution in [-0.2, 0) is 4.74 Å². The molecule has 4 rings (SSSR count). The molecule has 0 atom stereocenters. The predicted octanol–water partition coefficient (Wildman–Crippen LogP) is 2.40. The summed E-state index contributed by atoms with van der Waals surface area (Å²) in [4.78, 5) is 30.4. The summed E-state index contributed by atoms with van der Waals surface area (Å²) in [5.41, 5.74) is 0.747. The summed E-state index contributed by atoms with van der Waals surface area (Å²) in [5, 5.41) is 2.61. The van der Waals surface area contributed by atoms with E-state index in [4.69, 9.17) is 16.3 Å². The number of pyridine rings is 1. The molecule has 0 aromatic carbocycles. The Morgan fingerprint density at radius 3 is 2.74 bits per heavy atom. The number of nitrogens with zero attached hydrogens (tertiary/aromatic N) is 2. The van der Waals surface area contributed by atoms with Gasteiger partial charge in [-0.05, 0) is 24.3 Å². The zero-order valence-corrected chi connectivity index (χ0v) is 13.5. The molecule has 1 N–H and O–H groups in total. The highest BCUT2D eigenvalue weighted by Gasteiger charge is 2.52. The second kappa shape index (κ2) is 5.21. The number of carbonyl (C=O) groups is 2. The summed E-state index contributed by atoms with van der Waals surface area (Å²) >= 11 is 7.39. The zero-order chi connectivity index (χ0) is 16.0. The van der Waals surface area contributed by atoms with Gasteiger partial charge in [0, 0.05) is 16.6 Å². The Morgan fingerprint density at radius 2 is 2.17 bits per heavy atom. The molecule has 2 saturated heterocycles. The lowest BCUT2D eigenvalue weighted by Crippen LogP contribution is -2.65. The Bertz CT molecular complexity index is 784. The van der Waals surface area contributed by atoms with Gasteiger partial charge in [-0.15, -0.1) is 11.3 Å². The van der Waals surface area contributed by atoms with E-state index in [1.54, 1.807) is 17.2 Å². The van der Waals surface area contributed by atoms with Crippen LogP contribution in [0.5, 0.6) is 0 Å². The summed E-state index contributed by atoms with van der Waals surface area (Å²) in [6.07, 6.45) is 1.25. The van der Waals surface area contributed by atoms with Crippen molar-refractivity contribution in [3.63, 3.8) is 0 Å². The van der Waals surface area contributed by atoms with Crippen LogP contribution < -0.4 is 5.32 Å². The van der Waals surface area contributed by atoms with E-state index < -0.39 is 11.7 Å². The molecular weight excluding hydrogens is 338 g/mol. The van der Waals surface area contributed by atoms with Crippen LogP contribution in [0, 0.1) is 0 Å². The van der Waals surface area contributed by atoms with Crippen LogP contribution >= 0.6 is 22.9 Å². The number of hydrogen-bond acceptors (Lipinski definition) is 5. The van der Waals surface area contributed by atoms with E-state index in [2.05, 4.69) is 10.3 Å². The minimum atomic E-state index is -0.555. The van der Waals surface area contributed by atoms with Gasteiger partial charge in [-0.25, -0.2) is 4.79 Å². The molecule has 6 nitrogen and oxygen atoms in total. The number of nitrogens with one attached hydrogen (secondary N) is 1. The number of rotatable bonds is 2. The molecule has 4 heterocycles. The van der Waals surface area contributed by atoms with Gasteiger partial charge < -0.3 is 15.0 Å². The fraction of sp³-hybridized carbons (Fsp3) is 0.267. The Hall–Kier alpha value is -2.12. The van der Waals surface area contributed by atoms with Crippen molar-refractivity contribution < 1.29 is 14.3 Å². The molecule has 1 spiro atoms. The van der Waals surface area contributed by atoms with Crippen molar-refractivity contribution in [2.24, 2.45) is 0 Å². The van der Waals surface area contributed by atoms with E-state index >= 15 is 0 Å². The molecule has 2 aliphatic heterocycles. The smallest absolute Gasteiger partial charge is 0.408 e. The molecule has 23 heavy (non-hydrogen) atoms. The SMILES string of the molecule is O=C1NCC2(CN(C(=O)c3ccc(-c4ccc(Cl)s4)cn3)C2)O1. The number of amides is 2. The third-order valence-corrected chi connectivity index (χ3v) is 5.23. The molecule has 0 bridgehead atoms. The van der Waals surface area contributed by atoms with Crippen LogP contribution in [-0.4, -0.2) is 47.1 Å². The van der Waals surface area contributed by atoms with Crippen molar-refractivity contribution in [1.82, 2.24) is 15.2 Å². The molecule has 2 aliphatic rings. The van der Waals surface area contributed by atoms with E-state index in [9.17, 15) is 9.59 Å². The van der Waals surface area contributed by atoms with E-state index in [0.29, 0.717) is 29.7 Å². The van der Waals surface area contributed by atoms with Gasteiger partial charge in [0.2, 0.25) is 0 Å². The van der Waals surface area contributed by atoms with E-state index in [1.165, 1.54) is 11.3 Å². The van der Waals surface area contributed by atoms with Gasteiger partial charge in [0.15, 0.2) is 5.60 Å². The third-order valence-electron chi connectivity index (χ3n) is 3.95. The standard InChI is InChI=1S/C15H12ClN3O3S/c16-12-4-3-11(23-12)9-1-2-10(17-5-9)13(20)19-7-15(8-19)6-18-14(21)22-15/h1-5H,6-8H2,(H,18,21). The molecule has 118 valence electrons. The molecule has 2 fully saturated rings. The quantitative estimate of drug-likeness (QED) is 0.903. The number of likely N-dealkylation sites (tertiary alicyclic amines) is 1. The molecule has 0 saturated carbocycles. The predicted molar refractivity (Wildman–Crippen MR) is 85.7 cm³/mol. The molecule has 8 heteroatoms. The summed E-state index contributed by atoms with van der Waals surface area (Å²) in [6, 6.07) is 7.31. The molecule has 0 aliphatic carbocycles. The zero-order valence-electron chi connectivity index (χ0n) is 11.9. The summed E-state index contributed by atoms with van der Waals surface area (Å²) in [6.45, 7) is 1.24. The first-order chi connectivity index (χ1) is 11.0. The minimum absolute atomic E-state index is 0.158. The Balaban J connectivity index is 1.45. The average Bonchev–Trinajstić information content (AvgIpc) is 3.11. The van der Waals surface area contributed by atoms with Gasteiger partial charge >= 0.3 is 6.09 Å². The average molecular weight is 350 g/mol. The third kappa shape index (κ3) is 2.55. The number of halogens is 1. The normalized spacial score (nSPS) is 18.5. The molecule has 0 radical (unpaired) electrons. The van der Waals surface area contributed by atoms with Crippen LogP contribution in [0.1, 0.15) is 10.5 Å². The van der Waals surface area contributed by atoms with E-state index in [0.717, 1.165) is 10.4 Å². The number of thiophene rings is 1. The minimum Gasteiger partial charge on any atom is -0.437 e. The van der Waals surface area contributed by atoms with Crippen molar-refractivity contribution in [2.75, 3.05) is 19.6 Å². The van der Waals surface area contributed by atoms with Crippen LogP contribution in [0.2, 0.25) is 4.34 Å². The van der Waals surface area contributed by atoms with Crippen molar-refractivity contribution in [3.8, 4) is 10.4 Å². The molecule has 2 aromatic heterocycles. The summed E-state index contributed by atoms with van der Waals surface area (Å²) in [5.74, 6) is -0.158. The molecule has 2 amide bonds. The molecular formula is C15H12ClN3O3S. The van der Waals surface area contributed by atoms with Crippen LogP contribution in [0.15, 0.2) is 30.5 Å². The number of alkyl carbamates (subject to hydrolysis) is 1. The highest BCUT2D eigenvalue weighted by Crippen LogP contribution is 2.31. The Labute approximate surface area is 141 Å². The van der Waals surface area contributed by atoms with E-state index in [-0.39, 0.29) is 5.91 Å². The van der Waals surface area contributed by atoms with Crippen molar-refractivity contribution in [3.05, 3.63) is 40.5 Å². The second-order valence-electron chi connectivity index (χ2n) is 5.62. The Kier molecular flexibility index (Phi) is 3.28. The topological polar surface area (TPSA) is 71.5 Å². The number of carbonyl (C=O) groups excluding carboxylic acids is 2. The largest absolute Gasteiger partial charge is 0.437 e. The Morgan fingerprint density at radius 1 is 1.35 bits per heavy atom. The maximum Gasteiger partial charge on any atom is 0.408 e. The lowest BCUT2D eigenvalue weighted by atomic mass is 9.94. The van der Waals surface area contributed by atoms with Gasteiger partial charge in [-0.3, -0.25) is 9.78 Å². The summed E-state index contributed by atoms with van der Waals surface area (Å²) in [7, 11) is 0. The van der Waals surface area contributed by atoms with Crippen molar-refractivity contribution in [2.45, 2.75) is 5.60 Å². The van der Waals surface area contributed by atoms with Crippen LogP contribution in [0.3, 0.4) is 0 Å². The van der Waals surface area contributed by atoms with Crippen LogP contribution in [0.25, 0.3) is 10.4 Å². The first-order valence-corrected chi connectivity index (χ1v) is 8.22. The van der Waals surface area contributed by atoms with E-state index in [1.807, 2.05) is 18.2 Å². The van der Waals surface area contributed by atoms with Crippen molar-refractivity contribution in [1.29, 1.82) is 0 Å². The first kappa shape index (κ1) is 14.5. The monoisotopic (exact) mass is 349 g/mol. The molecule has 2 aromatic rings. The lowest BCUT2D eigenvalue weighted by molar-refractivity contribution is -0.0577. The number of aromatic nitrogens is 1. The highest BCUT2D eigenvalue weighted by atomic mass is 35.5. The van der Waals surface area contributed by atoms with Crippen molar-refractivity contribution >= 4 is 34.9 Å². The maximum absolute atomic E-state index is 12.4. The van der Waals surface area contributed by atoms with Gasteiger partial charge in [-0.1, -0.05) is 11.6 Å². The van der Waals surface area contributed by atoms with Crippen LogP contribution in [0.4, 0.5) is 4.79 Å². The number of ether oxygens (including phenoxy) is 1. The fourth-order valence-corrected chi connectivity index (χ4v) is 3.80. The lowest BCUT2D eigenvalue weighted by Gasteiger charge is -2.45. The van der Waals surface area contributed by atoms with Gasteiger partial charge in [0.25, 0.3) is 5.91 Å². The van der Waals surface area contributed by atoms with Gasteiger partial charge in [-0.2, -0.15) is 0 Å². The number of hydrogen-bond donors (Lipinski definition) is 1. The molecule has 0 unspecified atom stereocenters. The highest BCUT2D eigenvalue weighted by molar-refractivity contribution is 7.19. The summed E-state index contributed by atoms with van der Waals surface area (Å²) < 4.78 is 5.92.